The van der Waals surface area contributed by atoms with Crippen molar-refractivity contribution in [3.63, 3.8) is 0 Å². The second-order valence-corrected chi connectivity index (χ2v) is 5.88. The molecule has 1 aliphatic rings. The van der Waals surface area contributed by atoms with Crippen molar-refractivity contribution in [2.45, 2.75) is 12.8 Å². The third-order valence-corrected chi connectivity index (χ3v) is 4.11. The van der Waals surface area contributed by atoms with Gasteiger partial charge in [-0.05, 0) is 42.8 Å². The lowest BCUT2D eigenvalue weighted by Gasteiger charge is -2.13. The first-order valence-electron chi connectivity index (χ1n) is 8.30. The summed E-state index contributed by atoms with van der Waals surface area (Å²) in [5.41, 5.74) is 1.36. The summed E-state index contributed by atoms with van der Waals surface area (Å²) in [6.07, 6.45) is 1.93. The van der Waals surface area contributed by atoms with Crippen molar-refractivity contribution in [3.8, 4) is 0 Å². The predicted molar refractivity (Wildman–Crippen MR) is 95.2 cm³/mol. The maximum atomic E-state index is 12.2. The zero-order valence-electron chi connectivity index (χ0n) is 14.6. The molecule has 2 heterocycles. The molecule has 2 aromatic rings. The number of amides is 3. The highest BCUT2D eigenvalue weighted by atomic mass is 16.5. The number of hydrogen-bond acceptors (Lipinski definition) is 6. The number of pyridine rings is 1. The number of esters is 1. The van der Waals surface area contributed by atoms with Crippen molar-refractivity contribution in [3.05, 3.63) is 59.4 Å². The van der Waals surface area contributed by atoms with Gasteiger partial charge < -0.3 is 10.1 Å². The molecule has 0 radical (unpaired) electrons. The van der Waals surface area contributed by atoms with Crippen LogP contribution in [0.5, 0.6) is 0 Å². The van der Waals surface area contributed by atoms with E-state index in [9.17, 15) is 19.2 Å². The van der Waals surface area contributed by atoms with Crippen LogP contribution in [0.15, 0.2) is 42.6 Å². The summed E-state index contributed by atoms with van der Waals surface area (Å²) in [6, 6.07) is 9.46. The first-order valence-corrected chi connectivity index (χ1v) is 8.30. The van der Waals surface area contributed by atoms with Crippen LogP contribution in [-0.4, -0.2) is 47.2 Å². The summed E-state index contributed by atoms with van der Waals surface area (Å²) in [4.78, 5) is 52.9. The van der Waals surface area contributed by atoms with Crippen LogP contribution >= 0.6 is 0 Å². The van der Waals surface area contributed by atoms with Crippen LogP contribution in [0.1, 0.15) is 44.0 Å². The molecule has 138 valence electrons. The molecule has 3 rings (SSSR count). The van der Waals surface area contributed by atoms with Crippen LogP contribution in [0.2, 0.25) is 0 Å². The number of nitrogens with one attached hydrogen (secondary N) is 1. The number of rotatable bonds is 6. The fraction of sp³-hybridized carbons (Fsp3) is 0.211. The van der Waals surface area contributed by atoms with Gasteiger partial charge in [0.25, 0.3) is 11.8 Å². The lowest BCUT2D eigenvalue weighted by Crippen LogP contribution is -2.31. The number of imide groups is 1. The molecule has 3 amide bonds. The SMILES string of the molecule is COC(=O)c1ccc(NC(=O)CCCN2C(=O)c3cccnc3C2=O)cc1. The van der Waals surface area contributed by atoms with Gasteiger partial charge in [-0.1, -0.05) is 0 Å². The van der Waals surface area contributed by atoms with Gasteiger partial charge in [-0.2, -0.15) is 0 Å². The predicted octanol–water partition coefficient (Wildman–Crippen LogP) is 1.88. The van der Waals surface area contributed by atoms with Crippen molar-refractivity contribution < 1.29 is 23.9 Å². The van der Waals surface area contributed by atoms with Crippen molar-refractivity contribution in [2.24, 2.45) is 0 Å². The van der Waals surface area contributed by atoms with E-state index >= 15 is 0 Å². The van der Waals surface area contributed by atoms with Gasteiger partial charge in [0.1, 0.15) is 5.69 Å². The fourth-order valence-corrected chi connectivity index (χ4v) is 2.75. The number of anilines is 1. The Labute approximate surface area is 155 Å². The lowest BCUT2D eigenvalue weighted by molar-refractivity contribution is -0.116. The highest BCUT2D eigenvalue weighted by Crippen LogP contribution is 2.20. The first-order chi connectivity index (χ1) is 13.0. The minimum Gasteiger partial charge on any atom is -0.465 e. The van der Waals surface area contributed by atoms with E-state index in [1.54, 1.807) is 36.4 Å². The second kappa shape index (κ2) is 7.77. The van der Waals surface area contributed by atoms with Gasteiger partial charge in [0.15, 0.2) is 0 Å². The third-order valence-electron chi connectivity index (χ3n) is 4.11. The number of hydrogen-bond donors (Lipinski definition) is 1. The van der Waals surface area contributed by atoms with Gasteiger partial charge >= 0.3 is 5.97 Å². The molecule has 0 bridgehead atoms. The average molecular weight is 367 g/mol. The molecule has 0 atom stereocenters. The second-order valence-electron chi connectivity index (χ2n) is 5.88. The normalized spacial score (nSPS) is 12.7. The molecule has 1 aromatic carbocycles. The smallest absolute Gasteiger partial charge is 0.337 e. The van der Waals surface area contributed by atoms with Gasteiger partial charge in [0.05, 0.1) is 18.2 Å². The number of nitrogens with zero attached hydrogens (tertiary/aromatic N) is 2. The molecule has 1 aromatic heterocycles. The zero-order valence-corrected chi connectivity index (χ0v) is 14.6. The van der Waals surface area contributed by atoms with Crippen LogP contribution in [0, 0.1) is 0 Å². The van der Waals surface area contributed by atoms with Crippen LogP contribution in [0.25, 0.3) is 0 Å². The van der Waals surface area contributed by atoms with Crippen LogP contribution in [0.3, 0.4) is 0 Å². The Hall–Kier alpha value is -3.55. The van der Waals surface area contributed by atoms with E-state index < -0.39 is 11.9 Å². The summed E-state index contributed by atoms with van der Waals surface area (Å²) >= 11 is 0. The third kappa shape index (κ3) is 3.84. The molecule has 0 saturated heterocycles. The summed E-state index contributed by atoms with van der Waals surface area (Å²) in [6.45, 7) is 0.142. The van der Waals surface area contributed by atoms with Crippen LogP contribution in [0.4, 0.5) is 5.69 Å². The molecule has 0 aliphatic carbocycles. The van der Waals surface area contributed by atoms with Crippen LogP contribution in [-0.2, 0) is 9.53 Å². The first kappa shape index (κ1) is 18.2. The number of fused-ring (bicyclic) bond motifs is 1. The maximum Gasteiger partial charge on any atom is 0.337 e. The monoisotopic (exact) mass is 367 g/mol. The average Bonchev–Trinajstić information content (AvgIpc) is 2.93. The number of methoxy groups -OCH3 is 1. The molecular formula is C19H17N3O5. The van der Waals surface area contributed by atoms with Crippen molar-refractivity contribution in [1.82, 2.24) is 9.88 Å². The quantitative estimate of drug-likeness (QED) is 0.617. The summed E-state index contributed by atoms with van der Waals surface area (Å²) in [5, 5.41) is 2.70. The minimum absolute atomic E-state index is 0.138. The van der Waals surface area contributed by atoms with Crippen molar-refractivity contribution >= 4 is 29.4 Å². The van der Waals surface area contributed by atoms with Crippen LogP contribution < -0.4 is 5.32 Å². The Kier molecular flexibility index (Phi) is 5.25. The molecule has 0 spiro atoms. The number of carbonyl (C=O) groups is 4. The van der Waals surface area contributed by atoms with Gasteiger partial charge in [0, 0.05) is 24.8 Å². The molecule has 1 aliphatic heterocycles. The van der Waals surface area contributed by atoms with E-state index in [0.29, 0.717) is 17.7 Å². The highest BCUT2D eigenvalue weighted by molar-refractivity contribution is 6.20. The Morgan fingerprint density at radius 3 is 2.52 bits per heavy atom. The summed E-state index contributed by atoms with van der Waals surface area (Å²) in [7, 11) is 1.29. The molecule has 8 nitrogen and oxygen atoms in total. The Balaban J connectivity index is 1.50. The molecule has 8 heteroatoms. The Morgan fingerprint density at radius 1 is 1.11 bits per heavy atom. The summed E-state index contributed by atoms with van der Waals surface area (Å²) < 4.78 is 4.61. The van der Waals surface area contributed by atoms with E-state index in [0.717, 1.165) is 4.90 Å². The Bertz CT molecular complexity index is 873. The molecular weight excluding hydrogens is 350 g/mol. The van der Waals surface area contributed by atoms with Gasteiger partial charge in [0.2, 0.25) is 5.91 Å². The molecule has 27 heavy (non-hydrogen) atoms. The van der Waals surface area contributed by atoms with E-state index in [1.807, 2.05) is 0 Å². The zero-order chi connectivity index (χ0) is 19.4. The standard InChI is InChI=1S/C19H17N3O5/c1-27-19(26)12-6-8-13(9-7-12)21-15(23)5-3-11-22-17(24)14-4-2-10-20-16(14)18(22)25/h2,4,6-10H,3,5,11H2,1H3,(H,21,23). The van der Waals surface area contributed by atoms with Crippen molar-refractivity contribution in [2.75, 3.05) is 19.0 Å². The largest absolute Gasteiger partial charge is 0.465 e. The Morgan fingerprint density at radius 2 is 1.85 bits per heavy atom. The topological polar surface area (TPSA) is 106 Å². The maximum absolute atomic E-state index is 12.2. The van der Waals surface area contributed by atoms with Gasteiger partial charge in [-0.25, -0.2) is 4.79 Å². The molecule has 0 saturated carbocycles. The van der Waals surface area contributed by atoms with E-state index in [1.165, 1.54) is 13.3 Å². The lowest BCUT2D eigenvalue weighted by atomic mass is 10.2. The number of carbonyl (C=O) groups excluding carboxylic acids is 4. The number of benzene rings is 1. The fourth-order valence-electron chi connectivity index (χ4n) is 2.75. The van der Waals surface area contributed by atoms with E-state index in [-0.39, 0.29) is 36.0 Å². The van der Waals surface area contributed by atoms with Crippen molar-refractivity contribution in [1.29, 1.82) is 0 Å². The molecule has 0 unspecified atom stereocenters. The number of aromatic nitrogens is 1. The molecule has 0 fully saturated rings. The number of ether oxygens (including phenoxy) is 1. The minimum atomic E-state index is -0.455. The summed E-state index contributed by atoms with van der Waals surface area (Å²) in [5.74, 6) is -1.53. The van der Waals surface area contributed by atoms with Gasteiger partial charge in [-0.15, -0.1) is 0 Å². The van der Waals surface area contributed by atoms with Gasteiger partial charge in [-0.3, -0.25) is 24.3 Å². The molecule has 1 N–H and O–H groups in total. The van der Waals surface area contributed by atoms with E-state index in [2.05, 4.69) is 15.0 Å². The van der Waals surface area contributed by atoms with E-state index in [4.69, 9.17) is 0 Å². The highest BCUT2D eigenvalue weighted by Gasteiger charge is 2.36.